The monoisotopic (exact) mass is 354 g/mol. The van der Waals surface area contributed by atoms with Crippen molar-refractivity contribution in [2.75, 3.05) is 18.4 Å². The number of carbonyl (C=O) groups excluding carboxylic acids is 1. The normalized spacial score (nSPS) is 14.3. The van der Waals surface area contributed by atoms with E-state index in [1.165, 1.54) is 6.21 Å². The number of rotatable bonds is 5. The van der Waals surface area contributed by atoms with Gasteiger partial charge in [0.1, 0.15) is 17.4 Å². The molecule has 134 valence electrons. The summed E-state index contributed by atoms with van der Waals surface area (Å²) in [5.41, 5.74) is 1.95. The zero-order valence-corrected chi connectivity index (χ0v) is 14.4. The molecular formula is C16H18N8O2. The Morgan fingerprint density at radius 3 is 3.04 bits per heavy atom. The van der Waals surface area contributed by atoms with Gasteiger partial charge in [-0.2, -0.15) is 4.98 Å². The number of aryl methyl sites for hydroxylation is 1. The molecule has 0 aliphatic carbocycles. The lowest BCUT2D eigenvalue weighted by atomic mass is 10.2. The lowest BCUT2D eigenvalue weighted by Gasteiger charge is -2.37. The third-order valence-electron chi connectivity index (χ3n) is 4.16. The topological polar surface area (TPSA) is 125 Å². The fourth-order valence-corrected chi connectivity index (χ4v) is 2.76. The molecule has 1 saturated heterocycles. The predicted octanol–water partition coefficient (Wildman–Crippen LogP) is 1.04. The molecule has 4 rings (SSSR count). The van der Waals surface area contributed by atoms with Crippen LogP contribution in [0.15, 0.2) is 18.5 Å². The van der Waals surface area contributed by atoms with E-state index < -0.39 is 0 Å². The molecule has 26 heavy (non-hydrogen) atoms. The maximum Gasteiger partial charge on any atom is 0.257 e. The summed E-state index contributed by atoms with van der Waals surface area (Å²) in [5, 5.41) is 15.6. The van der Waals surface area contributed by atoms with Gasteiger partial charge in [-0.3, -0.25) is 9.48 Å². The Balaban J connectivity index is 1.51. The predicted molar refractivity (Wildman–Crippen MR) is 94.9 cm³/mol. The number of hydrogen-bond donors (Lipinski definition) is 3. The number of ether oxygens (including phenoxy) is 1. The van der Waals surface area contributed by atoms with E-state index >= 15 is 0 Å². The van der Waals surface area contributed by atoms with Crippen molar-refractivity contribution in [2.24, 2.45) is 7.05 Å². The highest BCUT2D eigenvalue weighted by Crippen LogP contribution is 2.27. The number of carbonyl (C=O) groups is 1. The van der Waals surface area contributed by atoms with Gasteiger partial charge in [0.25, 0.3) is 5.88 Å². The number of anilines is 2. The van der Waals surface area contributed by atoms with Crippen molar-refractivity contribution in [2.45, 2.75) is 13.0 Å². The minimum Gasteiger partial charge on any atom is -0.468 e. The van der Waals surface area contributed by atoms with Crippen molar-refractivity contribution < 1.29 is 9.53 Å². The van der Waals surface area contributed by atoms with Gasteiger partial charge in [-0.25, -0.2) is 4.98 Å². The first-order valence-electron chi connectivity index (χ1n) is 8.11. The number of likely N-dealkylation sites (tertiary alicyclic amines) is 1. The van der Waals surface area contributed by atoms with Gasteiger partial charge in [0.05, 0.1) is 25.0 Å². The fourth-order valence-electron chi connectivity index (χ4n) is 2.76. The lowest BCUT2D eigenvalue weighted by Crippen LogP contribution is -2.55. The minimum absolute atomic E-state index is 0.0427. The van der Waals surface area contributed by atoms with Crippen LogP contribution in [-0.2, 0) is 11.8 Å². The van der Waals surface area contributed by atoms with E-state index in [0.29, 0.717) is 41.9 Å². The first kappa shape index (κ1) is 16.1. The maximum absolute atomic E-state index is 11.3. The maximum atomic E-state index is 11.3. The molecule has 10 nitrogen and oxygen atoms in total. The highest BCUT2D eigenvalue weighted by molar-refractivity contribution is 5.86. The van der Waals surface area contributed by atoms with Crippen molar-refractivity contribution in [3.05, 3.63) is 24.2 Å². The molecule has 4 heterocycles. The van der Waals surface area contributed by atoms with Gasteiger partial charge in [-0.1, -0.05) is 0 Å². The van der Waals surface area contributed by atoms with Gasteiger partial charge >= 0.3 is 0 Å². The summed E-state index contributed by atoms with van der Waals surface area (Å²) in [4.78, 5) is 24.7. The number of H-pyrrole nitrogens is 1. The Labute approximate surface area is 148 Å². The van der Waals surface area contributed by atoms with Crippen LogP contribution in [0.4, 0.5) is 11.6 Å². The van der Waals surface area contributed by atoms with Crippen LogP contribution in [0, 0.1) is 5.41 Å². The van der Waals surface area contributed by atoms with Gasteiger partial charge in [0.2, 0.25) is 11.9 Å². The summed E-state index contributed by atoms with van der Waals surface area (Å²) < 4.78 is 7.52. The Hall–Kier alpha value is -3.43. The molecule has 1 fully saturated rings. The van der Waals surface area contributed by atoms with E-state index in [2.05, 4.69) is 25.4 Å². The van der Waals surface area contributed by atoms with Crippen LogP contribution in [0.5, 0.6) is 5.88 Å². The second-order valence-corrected chi connectivity index (χ2v) is 6.18. The number of hydrogen-bond acceptors (Lipinski definition) is 7. The Kier molecular flexibility index (Phi) is 3.79. The van der Waals surface area contributed by atoms with E-state index in [1.807, 2.05) is 6.07 Å². The summed E-state index contributed by atoms with van der Waals surface area (Å²) in [6.07, 6.45) is 4.62. The largest absolute Gasteiger partial charge is 0.468 e. The van der Waals surface area contributed by atoms with Gasteiger partial charge in [-0.05, 0) is 6.07 Å². The zero-order valence-electron chi connectivity index (χ0n) is 14.4. The number of nitrogens with one attached hydrogen (secondary N) is 3. The number of fused-ring (bicyclic) bond motifs is 1. The average Bonchev–Trinajstić information content (AvgIpc) is 3.12. The summed E-state index contributed by atoms with van der Waals surface area (Å²) in [5.74, 6) is 0.880. The van der Waals surface area contributed by atoms with Crippen LogP contribution < -0.4 is 10.1 Å². The third-order valence-corrected chi connectivity index (χ3v) is 4.16. The standard InChI is InChI=1S/C16H18N8O2/c1-9(25)24-6-12(7-24)26-15-13(8-23(2)22-15)20-16-18-5-10-3-11(4-17)19-14(10)21-16/h3-5,8,12,17H,6-7H2,1-2H3,(H2,18,19,20,21). The molecule has 0 aromatic carbocycles. The summed E-state index contributed by atoms with van der Waals surface area (Å²) in [7, 11) is 1.80. The summed E-state index contributed by atoms with van der Waals surface area (Å²) in [6, 6.07) is 1.81. The molecule has 0 radical (unpaired) electrons. The van der Waals surface area contributed by atoms with Crippen molar-refractivity contribution in [3.63, 3.8) is 0 Å². The quantitative estimate of drug-likeness (QED) is 0.588. The Bertz CT molecular complexity index is 985. The van der Waals surface area contributed by atoms with Crippen molar-refractivity contribution in [1.82, 2.24) is 29.6 Å². The van der Waals surface area contributed by atoms with Crippen LogP contribution in [0.2, 0.25) is 0 Å². The Morgan fingerprint density at radius 2 is 2.31 bits per heavy atom. The first-order valence-corrected chi connectivity index (χ1v) is 8.11. The van der Waals surface area contributed by atoms with Gasteiger partial charge in [0, 0.05) is 31.8 Å². The van der Waals surface area contributed by atoms with Crippen LogP contribution in [0.25, 0.3) is 11.0 Å². The van der Waals surface area contributed by atoms with E-state index in [4.69, 9.17) is 10.1 Å². The van der Waals surface area contributed by atoms with Crippen LogP contribution in [-0.4, -0.2) is 60.9 Å². The molecule has 3 aromatic heterocycles. The highest BCUT2D eigenvalue weighted by Gasteiger charge is 2.31. The average molecular weight is 354 g/mol. The molecule has 3 aromatic rings. The van der Waals surface area contributed by atoms with Crippen molar-refractivity contribution >= 4 is 34.8 Å². The second-order valence-electron chi connectivity index (χ2n) is 6.18. The second kappa shape index (κ2) is 6.14. The number of nitrogens with zero attached hydrogens (tertiary/aromatic N) is 5. The minimum atomic E-state index is -0.0729. The summed E-state index contributed by atoms with van der Waals surface area (Å²) >= 11 is 0. The number of aromatic nitrogens is 5. The molecule has 0 saturated carbocycles. The van der Waals surface area contributed by atoms with Gasteiger partial charge in [0.15, 0.2) is 0 Å². The molecule has 0 atom stereocenters. The van der Waals surface area contributed by atoms with Crippen LogP contribution >= 0.6 is 0 Å². The zero-order chi connectivity index (χ0) is 18.3. The molecule has 0 unspecified atom stereocenters. The molecule has 3 N–H and O–H groups in total. The number of aromatic amines is 1. The molecule has 1 amide bonds. The molecule has 1 aliphatic rings. The molecule has 10 heteroatoms. The van der Waals surface area contributed by atoms with E-state index in [-0.39, 0.29) is 12.0 Å². The highest BCUT2D eigenvalue weighted by atomic mass is 16.5. The SMILES string of the molecule is CC(=O)N1CC(Oc2nn(C)cc2Nc2ncc3cc(C=N)[nH]c3n2)C1. The van der Waals surface area contributed by atoms with Crippen LogP contribution in [0.1, 0.15) is 12.6 Å². The van der Waals surface area contributed by atoms with Gasteiger partial charge in [-0.15, -0.1) is 5.10 Å². The first-order chi connectivity index (χ1) is 12.5. The van der Waals surface area contributed by atoms with E-state index in [9.17, 15) is 4.79 Å². The van der Waals surface area contributed by atoms with Crippen molar-refractivity contribution in [3.8, 4) is 5.88 Å². The molecule has 0 spiro atoms. The smallest absolute Gasteiger partial charge is 0.257 e. The fraction of sp³-hybridized carbons (Fsp3) is 0.312. The van der Waals surface area contributed by atoms with E-state index in [1.54, 1.807) is 35.9 Å². The lowest BCUT2D eigenvalue weighted by molar-refractivity contribution is -0.137. The van der Waals surface area contributed by atoms with E-state index in [0.717, 1.165) is 5.39 Å². The molecule has 0 bridgehead atoms. The Morgan fingerprint density at radius 1 is 1.50 bits per heavy atom. The molecular weight excluding hydrogens is 336 g/mol. The van der Waals surface area contributed by atoms with Crippen LogP contribution in [0.3, 0.4) is 0 Å². The molecule has 1 aliphatic heterocycles. The van der Waals surface area contributed by atoms with Gasteiger partial charge < -0.3 is 25.3 Å². The number of amides is 1. The third kappa shape index (κ3) is 2.96. The van der Waals surface area contributed by atoms with Crippen molar-refractivity contribution in [1.29, 1.82) is 5.41 Å². The summed E-state index contributed by atoms with van der Waals surface area (Å²) in [6.45, 7) is 2.66.